The van der Waals surface area contributed by atoms with Crippen molar-refractivity contribution in [1.29, 1.82) is 0 Å². The average molecular weight is 449 g/mol. The Morgan fingerprint density at radius 1 is 1.03 bits per heavy atom. The molecule has 0 amide bonds. The van der Waals surface area contributed by atoms with Gasteiger partial charge in [-0.3, -0.25) is 14.1 Å². The van der Waals surface area contributed by atoms with Gasteiger partial charge in [-0.05, 0) is 66.8 Å². The topological polar surface area (TPSA) is 43.1 Å². The Morgan fingerprint density at radius 3 is 2.52 bits per heavy atom. The van der Waals surface area contributed by atoms with Crippen LogP contribution in [-0.4, -0.2) is 20.7 Å². The van der Waals surface area contributed by atoms with Gasteiger partial charge in [0.15, 0.2) is 0 Å². The van der Waals surface area contributed by atoms with Gasteiger partial charge in [0.1, 0.15) is 0 Å². The molecule has 0 unspecified atom stereocenters. The maximum Gasteiger partial charge on any atom is 0.328 e. The summed E-state index contributed by atoms with van der Waals surface area (Å²) in [6.45, 7) is 2.75. The number of hydrogen-bond donors (Lipinski definition) is 0. The second-order valence-corrected chi connectivity index (χ2v) is 8.59. The van der Waals surface area contributed by atoms with Crippen LogP contribution in [-0.2, 0) is 26.9 Å². The molecular formula is C26H26F2N4O. The van der Waals surface area contributed by atoms with Crippen molar-refractivity contribution in [3.05, 3.63) is 76.0 Å². The van der Waals surface area contributed by atoms with Crippen LogP contribution >= 0.6 is 0 Å². The first kappa shape index (κ1) is 21.4. The van der Waals surface area contributed by atoms with Gasteiger partial charge >= 0.3 is 5.69 Å². The third-order valence-electron chi connectivity index (χ3n) is 6.67. The fourth-order valence-corrected chi connectivity index (χ4v) is 4.80. The number of anilines is 2. The Morgan fingerprint density at radius 2 is 1.82 bits per heavy atom. The Labute approximate surface area is 190 Å². The van der Waals surface area contributed by atoms with Crippen LogP contribution < -0.4 is 10.6 Å². The number of imidazole rings is 1. The molecule has 0 radical (unpaired) electrons. The van der Waals surface area contributed by atoms with Crippen LogP contribution in [0, 0.1) is 0 Å². The van der Waals surface area contributed by atoms with Crippen molar-refractivity contribution in [2.24, 2.45) is 14.1 Å². The Balaban J connectivity index is 1.64. The number of alkyl halides is 2. The third kappa shape index (κ3) is 3.52. The summed E-state index contributed by atoms with van der Waals surface area (Å²) in [6.07, 6.45) is 1.64. The smallest absolute Gasteiger partial charge is 0.328 e. The molecule has 0 bridgehead atoms. The highest BCUT2D eigenvalue weighted by molar-refractivity contribution is 5.84. The fourth-order valence-electron chi connectivity index (χ4n) is 4.80. The number of rotatable bonds is 4. The number of aryl methyl sites for hydroxylation is 4. The molecule has 0 spiro atoms. The molecule has 4 aromatic rings. The number of halogens is 2. The lowest BCUT2D eigenvalue weighted by Gasteiger charge is -2.32. The molecule has 0 saturated heterocycles. The monoisotopic (exact) mass is 448 g/mol. The molecule has 0 aliphatic carbocycles. The van der Waals surface area contributed by atoms with Gasteiger partial charge in [0.25, 0.3) is 6.43 Å². The molecule has 0 N–H and O–H groups in total. The number of hydrogen-bond acceptors (Lipinski definition) is 3. The largest absolute Gasteiger partial charge is 0.341 e. The van der Waals surface area contributed by atoms with Crippen molar-refractivity contribution >= 4 is 22.4 Å². The van der Waals surface area contributed by atoms with E-state index in [-0.39, 0.29) is 11.3 Å². The second kappa shape index (κ2) is 8.14. The van der Waals surface area contributed by atoms with Crippen molar-refractivity contribution in [3.63, 3.8) is 0 Å². The molecule has 1 aliphatic rings. The highest BCUT2D eigenvalue weighted by Crippen LogP contribution is 2.41. The van der Waals surface area contributed by atoms with Crippen LogP contribution in [0.5, 0.6) is 0 Å². The van der Waals surface area contributed by atoms with Crippen molar-refractivity contribution in [2.45, 2.75) is 32.6 Å². The summed E-state index contributed by atoms with van der Waals surface area (Å²) in [4.78, 5) is 18.8. The standard InChI is InChI=1S/C26H26F2N4O/c1-4-18-8-7-17(15-29-18)20-12-16-6-5-11-32(23(16)14-21(20)25(27)28)19-9-10-22-24(13-19)31(3)26(33)30(22)2/h7-10,12-15,25H,4-6,11H2,1-3H3. The van der Waals surface area contributed by atoms with Crippen molar-refractivity contribution < 1.29 is 8.78 Å². The van der Waals surface area contributed by atoms with Crippen LogP contribution in [0.2, 0.25) is 0 Å². The van der Waals surface area contributed by atoms with Gasteiger partial charge in [-0.25, -0.2) is 13.6 Å². The predicted octanol–water partition coefficient (Wildman–Crippen LogP) is 5.52. The minimum atomic E-state index is -2.60. The Kier molecular flexibility index (Phi) is 5.27. The zero-order valence-electron chi connectivity index (χ0n) is 19.0. The first-order chi connectivity index (χ1) is 15.9. The second-order valence-electron chi connectivity index (χ2n) is 8.59. The maximum absolute atomic E-state index is 14.2. The SMILES string of the molecule is CCc1ccc(-c2cc3c(cc2C(F)F)N(c2ccc4c(c2)n(C)c(=O)n4C)CCC3)cn1. The normalized spacial score (nSPS) is 13.7. The Hall–Kier alpha value is -3.48. The van der Waals surface area contributed by atoms with E-state index in [1.807, 2.05) is 43.3 Å². The van der Waals surface area contributed by atoms with E-state index in [2.05, 4.69) is 9.88 Å². The van der Waals surface area contributed by atoms with Crippen LogP contribution in [0.3, 0.4) is 0 Å². The highest BCUT2D eigenvalue weighted by atomic mass is 19.3. The molecule has 3 heterocycles. The average Bonchev–Trinajstić information content (AvgIpc) is 3.06. The van der Waals surface area contributed by atoms with Gasteiger partial charge < -0.3 is 4.90 Å². The minimum Gasteiger partial charge on any atom is -0.341 e. The molecule has 1 aliphatic heterocycles. The number of fused-ring (bicyclic) bond motifs is 2. The lowest BCUT2D eigenvalue weighted by atomic mass is 9.92. The quantitative estimate of drug-likeness (QED) is 0.413. The van der Waals surface area contributed by atoms with E-state index in [0.717, 1.165) is 59.5 Å². The zero-order valence-corrected chi connectivity index (χ0v) is 19.0. The molecule has 0 saturated carbocycles. The summed E-state index contributed by atoms with van der Waals surface area (Å²) in [5.74, 6) is 0. The van der Waals surface area contributed by atoms with Crippen molar-refractivity contribution in [1.82, 2.24) is 14.1 Å². The first-order valence-electron chi connectivity index (χ1n) is 11.2. The third-order valence-corrected chi connectivity index (χ3v) is 6.67. The van der Waals surface area contributed by atoms with E-state index in [1.54, 1.807) is 35.5 Å². The molecule has 5 rings (SSSR count). The van der Waals surface area contributed by atoms with Gasteiger partial charge in [0, 0.05) is 55.0 Å². The molecule has 2 aromatic carbocycles. The number of pyridine rings is 1. The van der Waals surface area contributed by atoms with Crippen LogP contribution in [0.15, 0.2) is 53.5 Å². The van der Waals surface area contributed by atoms with Gasteiger partial charge in [-0.2, -0.15) is 0 Å². The van der Waals surface area contributed by atoms with E-state index in [0.29, 0.717) is 11.1 Å². The molecule has 0 fully saturated rings. The summed E-state index contributed by atoms with van der Waals surface area (Å²) in [7, 11) is 3.50. The number of nitrogens with zero attached hydrogens (tertiary/aromatic N) is 4. The van der Waals surface area contributed by atoms with Gasteiger partial charge in [0.05, 0.1) is 11.0 Å². The fraction of sp³-hybridized carbons (Fsp3) is 0.308. The van der Waals surface area contributed by atoms with Crippen LogP contribution in [0.1, 0.15) is 36.6 Å². The van der Waals surface area contributed by atoms with Gasteiger partial charge in [-0.15, -0.1) is 0 Å². The van der Waals surface area contributed by atoms with E-state index < -0.39 is 6.43 Å². The van der Waals surface area contributed by atoms with E-state index >= 15 is 0 Å². The summed E-state index contributed by atoms with van der Waals surface area (Å²) < 4.78 is 31.6. The molecule has 170 valence electrons. The minimum absolute atomic E-state index is 0.0138. The first-order valence-corrected chi connectivity index (χ1v) is 11.2. The molecular weight excluding hydrogens is 422 g/mol. The summed E-state index contributed by atoms with van der Waals surface area (Å²) in [5, 5.41) is 0. The van der Waals surface area contributed by atoms with E-state index in [9.17, 15) is 13.6 Å². The van der Waals surface area contributed by atoms with E-state index in [4.69, 9.17) is 0 Å². The molecule has 7 heteroatoms. The Bertz CT molecular complexity index is 1400. The molecule has 5 nitrogen and oxygen atoms in total. The van der Waals surface area contributed by atoms with Crippen molar-refractivity contribution in [2.75, 3.05) is 11.4 Å². The maximum atomic E-state index is 14.2. The molecule has 0 atom stereocenters. The number of benzene rings is 2. The summed E-state index contributed by atoms with van der Waals surface area (Å²) in [6, 6.07) is 13.2. The lowest BCUT2D eigenvalue weighted by Crippen LogP contribution is -2.25. The van der Waals surface area contributed by atoms with Gasteiger partial charge in [-0.1, -0.05) is 13.0 Å². The molecule has 2 aromatic heterocycles. The molecule has 33 heavy (non-hydrogen) atoms. The summed E-state index contributed by atoms with van der Waals surface area (Å²) in [5.41, 5.74) is 6.52. The predicted molar refractivity (Wildman–Crippen MR) is 127 cm³/mol. The van der Waals surface area contributed by atoms with Crippen molar-refractivity contribution in [3.8, 4) is 11.1 Å². The number of aromatic nitrogens is 3. The van der Waals surface area contributed by atoms with Gasteiger partial charge in [0.2, 0.25) is 0 Å². The van der Waals surface area contributed by atoms with Crippen LogP contribution in [0.4, 0.5) is 20.2 Å². The highest BCUT2D eigenvalue weighted by Gasteiger charge is 2.25. The van der Waals surface area contributed by atoms with Crippen LogP contribution in [0.25, 0.3) is 22.2 Å². The lowest BCUT2D eigenvalue weighted by molar-refractivity contribution is 0.152. The summed E-state index contributed by atoms with van der Waals surface area (Å²) >= 11 is 0. The van der Waals surface area contributed by atoms with E-state index in [1.165, 1.54) is 0 Å². The zero-order chi connectivity index (χ0) is 23.3.